The second kappa shape index (κ2) is 7.84. The molecule has 4 rings (SSSR count). The highest BCUT2D eigenvalue weighted by Crippen LogP contribution is 2.25. The molecular formula is C20H19N3O4S2. The summed E-state index contributed by atoms with van der Waals surface area (Å²) in [5.74, 6) is 0.598. The SMILES string of the molecule is COc1ccc(C(=O)N2CCc3ccc(S(=O)(=O)Nc4nccs4)cc3C2)cc1. The van der Waals surface area contributed by atoms with Crippen LogP contribution in [0.25, 0.3) is 0 Å². The number of hydrogen-bond donors (Lipinski definition) is 1. The monoisotopic (exact) mass is 429 g/mol. The summed E-state index contributed by atoms with van der Waals surface area (Å²) in [4.78, 5) is 18.7. The van der Waals surface area contributed by atoms with E-state index in [9.17, 15) is 13.2 Å². The Morgan fingerprint density at radius 1 is 1.17 bits per heavy atom. The number of rotatable bonds is 5. The number of nitrogens with zero attached hydrogens (tertiary/aromatic N) is 2. The Balaban J connectivity index is 1.55. The Hall–Kier alpha value is -2.91. The molecule has 0 unspecified atom stereocenters. The molecule has 29 heavy (non-hydrogen) atoms. The molecule has 0 spiro atoms. The van der Waals surface area contributed by atoms with E-state index in [1.807, 2.05) is 6.07 Å². The summed E-state index contributed by atoms with van der Waals surface area (Å²) >= 11 is 1.21. The minimum absolute atomic E-state index is 0.0903. The fourth-order valence-corrected chi connectivity index (χ4v) is 5.08. The quantitative estimate of drug-likeness (QED) is 0.673. The predicted molar refractivity (Wildman–Crippen MR) is 111 cm³/mol. The third-order valence-corrected chi connectivity index (χ3v) is 6.93. The molecule has 2 aromatic carbocycles. The van der Waals surface area contributed by atoms with Crippen molar-refractivity contribution in [2.75, 3.05) is 18.4 Å². The molecule has 7 nitrogen and oxygen atoms in total. The molecule has 150 valence electrons. The van der Waals surface area contributed by atoms with Gasteiger partial charge in [0.15, 0.2) is 5.13 Å². The topological polar surface area (TPSA) is 88.6 Å². The lowest BCUT2D eigenvalue weighted by Gasteiger charge is -2.29. The lowest BCUT2D eigenvalue weighted by Crippen LogP contribution is -2.36. The summed E-state index contributed by atoms with van der Waals surface area (Å²) < 4.78 is 32.9. The van der Waals surface area contributed by atoms with Gasteiger partial charge in [0.1, 0.15) is 5.75 Å². The molecular weight excluding hydrogens is 410 g/mol. The van der Waals surface area contributed by atoms with Gasteiger partial charge in [-0.1, -0.05) is 6.07 Å². The molecule has 2 heterocycles. The maximum absolute atomic E-state index is 12.9. The van der Waals surface area contributed by atoms with Crippen LogP contribution >= 0.6 is 11.3 Å². The van der Waals surface area contributed by atoms with Gasteiger partial charge in [-0.3, -0.25) is 9.52 Å². The lowest BCUT2D eigenvalue weighted by atomic mass is 9.99. The minimum Gasteiger partial charge on any atom is -0.497 e. The van der Waals surface area contributed by atoms with Crippen molar-refractivity contribution in [3.63, 3.8) is 0 Å². The van der Waals surface area contributed by atoms with Crippen molar-refractivity contribution >= 4 is 32.4 Å². The van der Waals surface area contributed by atoms with E-state index in [4.69, 9.17) is 4.74 Å². The number of aromatic nitrogens is 1. The third-order valence-electron chi connectivity index (χ3n) is 4.78. The first-order valence-electron chi connectivity index (χ1n) is 8.94. The number of fused-ring (bicyclic) bond motifs is 1. The van der Waals surface area contributed by atoms with Crippen LogP contribution in [0.4, 0.5) is 5.13 Å². The van der Waals surface area contributed by atoms with Gasteiger partial charge in [-0.05, 0) is 53.9 Å². The van der Waals surface area contributed by atoms with Crippen LogP contribution < -0.4 is 9.46 Å². The number of ether oxygens (including phenoxy) is 1. The van der Waals surface area contributed by atoms with Gasteiger partial charge < -0.3 is 9.64 Å². The van der Waals surface area contributed by atoms with E-state index < -0.39 is 10.0 Å². The summed E-state index contributed by atoms with van der Waals surface area (Å²) in [5.41, 5.74) is 2.46. The van der Waals surface area contributed by atoms with E-state index in [-0.39, 0.29) is 10.8 Å². The highest BCUT2D eigenvalue weighted by molar-refractivity contribution is 7.93. The number of hydrogen-bond acceptors (Lipinski definition) is 6. The van der Waals surface area contributed by atoms with Crippen LogP contribution in [0.3, 0.4) is 0 Å². The van der Waals surface area contributed by atoms with E-state index in [2.05, 4.69) is 9.71 Å². The summed E-state index contributed by atoms with van der Waals surface area (Å²) in [6.07, 6.45) is 2.22. The van der Waals surface area contributed by atoms with E-state index >= 15 is 0 Å². The van der Waals surface area contributed by atoms with Gasteiger partial charge in [0, 0.05) is 30.2 Å². The van der Waals surface area contributed by atoms with Crippen LogP contribution in [0.1, 0.15) is 21.5 Å². The molecule has 1 aliphatic rings. The minimum atomic E-state index is -3.73. The number of anilines is 1. The Morgan fingerprint density at radius 2 is 1.97 bits per heavy atom. The van der Waals surface area contributed by atoms with Gasteiger partial charge in [-0.25, -0.2) is 13.4 Å². The molecule has 1 aromatic heterocycles. The van der Waals surface area contributed by atoms with Crippen molar-refractivity contribution in [1.82, 2.24) is 9.88 Å². The van der Waals surface area contributed by atoms with E-state index in [1.54, 1.807) is 53.8 Å². The number of methoxy groups -OCH3 is 1. The average molecular weight is 430 g/mol. The van der Waals surface area contributed by atoms with Gasteiger partial charge in [-0.2, -0.15) is 0 Å². The van der Waals surface area contributed by atoms with Crippen molar-refractivity contribution in [3.8, 4) is 5.75 Å². The van der Waals surface area contributed by atoms with Crippen LogP contribution in [0.5, 0.6) is 5.75 Å². The summed E-state index contributed by atoms with van der Waals surface area (Å²) in [7, 11) is -2.16. The van der Waals surface area contributed by atoms with Gasteiger partial charge in [-0.15, -0.1) is 11.3 Å². The van der Waals surface area contributed by atoms with Crippen LogP contribution in [0.15, 0.2) is 58.9 Å². The maximum Gasteiger partial charge on any atom is 0.263 e. The first-order valence-corrected chi connectivity index (χ1v) is 11.3. The standard InChI is InChI=1S/C20H19N3O4S2/c1-27-17-5-2-15(3-6-17)19(24)23-10-8-14-4-7-18(12-16(14)13-23)29(25,26)22-20-21-9-11-28-20/h2-7,9,11-12H,8,10,13H2,1H3,(H,21,22). The van der Waals surface area contributed by atoms with Gasteiger partial charge in [0.2, 0.25) is 0 Å². The maximum atomic E-state index is 12.9. The van der Waals surface area contributed by atoms with Crippen molar-refractivity contribution in [2.24, 2.45) is 0 Å². The molecule has 3 aromatic rings. The highest BCUT2D eigenvalue weighted by atomic mass is 32.2. The number of amides is 1. The number of sulfonamides is 1. The fourth-order valence-electron chi connectivity index (χ4n) is 3.24. The van der Waals surface area contributed by atoms with Gasteiger partial charge in [0.25, 0.3) is 15.9 Å². The number of carbonyl (C=O) groups is 1. The average Bonchev–Trinajstić information content (AvgIpc) is 3.24. The first-order chi connectivity index (χ1) is 14.0. The second-order valence-electron chi connectivity index (χ2n) is 6.58. The summed E-state index contributed by atoms with van der Waals surface area (Å²) in [5, 5.41) is 2.02. The molecule has 9 heteroatoms. The molecule has 1 aliphatic heterocycles. The van der Waals surface area contributed by atoms with Crippen LogP contribution in [-0.2, 0) is 23.0 Å². The largest absolute Gasteiger partial charge is 0.497 e. The van der Waals surface area contributed by atoms with Gasteiger partial charge in [0.05, 0.1) is 12.0 Å². The molecule has 0 bridgehead atoms. The third kappa shape index (κ3) is 4.10. The molecule has 1 amide bonds. The normalized spacial score (nSPS) is 13.6. The zero-order valence-electron chi connectivity index (χ0n) is 15.7. The molecule has 0 saturated heterocycles. The number of nitrogens with one attached hydrogen (secondary N) is 1. The van der Waals surface area contributed by atoms with Crippen LogP contribution in [0.2, 0.25) is 0 Å². The number of thiazole rings is 1. The van der Waals surface area contributed by atoms with E-state index in [1.165, 1.54) is 17.5 Å². The van der Waals surface area contributed by atoms with Crippen molar-refractivity contribution < 1.29 is 17.9 Å². The summed E-state index contributed by atoms with van der Waals surface area (Å²) in [6.45, 7) is 0.947. The van der Waals surface area contributed by atoms with Crippen molar-refractivity contribution in [3.05, 3.63) is 70.7 Å². The molecule has 0 fully saturated rings. The first kappa shape index (κ1) is 19.4. The van der Waals surface area contributed by atoms with Crippen molar-refractivity contribution in [2.45, 2.75) is 17.9 Å². The van der Waals surface area contributed by atoms with Crippen LogP contribution in [-0.4, -0.2) is 37.9 Å². The number of carbonyl (C=O) groups excluding carboxylic acids is 1. The van der Waals surface area contributed by atoms with Crippen LogP contribution in [0, 0.1) is 0 Å². The molecule has 0 saturated carbocycles. The van der Waals surface area contributed by atoms with E-state index in [0.29, 0.717) is 36.0 Å². The zero-order valence-corrected chi connectivity index (χ0v) is 17.3. The number of benzene rings is 2. The Bertz CT molecular complexity index is 1130. The van der Waals surface area contributed by atoms with E-state index in [0.717, 1.165) is 11.1 Å². The van der Waals surface area contributed by atoms with Crippen molar-refractivity contribution in [1.29, 1.82) is 0 Å². The molecule has 0 radical (unpaired) electrons. The Kier molecular flexibility index (Phi) is 5.25. The molecule has 0 aliphatic carbocycles. The molecule has 1 N–H and O–H groups in total. The highest BCUT2D eigenvalue weighted by Gasteiger charge is 2.24. The summed E-state index contributed by atoms with van der Waals surface area (Å²) in [6, 6.07) is 12.0. The fraction of sp³-hybridized carbons (Fsp3) is 0.200. The Morgan fingerprint density at radius 3 is 2.66 bits per heavy atom. The predicted octanol–water partition coefficient (Wildman–Crippen LogP) is 3.15. The second-order valence-corrected chi connectivity index (χ2v) is 9.16. The zero-order chi connectivity index (χ0) is 20.4. The Labute approximate surface area is 173 Å². The smallest absolute Gasteiger partial charge is 0.263 e. The van der Waals surface area contributed by atoms with Gasteiger partial charge >= 0.3 is 0 Å². The molecule has 0 atom stereocenters. The lowest BCUT2D eigenvalue weighted by molar-refractivity contribution is 0.0734.